The second kappa shape index (κ2) is 2.57. The fourth-order valence-corrected chi connectivity index (χ4v) is 0.971. The van der Waals surface area contributed by atoms with Crippen molar-refractivity contribution in [2.24, 2.45) is 0 Å². The van der Waals surface area contributed by atoms with Gasteiger partial charge in [0.05, 0.1) is 0 Å². The zero-order valence-electron chi connectivity index (χ0n) is 5.35. The summed E-state index contributed by atoms with van der Waals surface area (Å²) < 4.78 is 0. The summed E-state index contributed by atoms with van der Waals surface area (Å²) in [5.41, 5.74) is 0. The molecule has 1 aliphatic rings. The minimum Gasteiger partial charge on any atom is -0.334 e. The average Bonchev–Trinajstić information content (AvgIpc) is 1.82. The first-order valence-electron chi connectivity index (χ1n) is 2.86. The number of nitrogens with one attached hydrogen (secondary N) is 2. The lowest BCUT2D eigenvalue weighted by molar-refractivity contribution is -0.120. The molecular weight excluding hydrogens is 200 g/mol. The van der Waals surface area contributed by atoms with Gasteiger partial charge in [-0.25, -0.2) is 4.79 Å². The van der Waals surface area contributed by atoms with Crippen molar-refractivity contribution < 1.29 is 9.59 Å². The minimum atomic E-state index is -0.423. The second-order valence-electron chi connectivity index (χ2n) is 2.15. The monoisotopic (exact) mass is 206 g/mol. The molecule has 1 rings (SSSR count). The molecule has 4 nitrogen and oxygen atoms in total. The molecular formula is C5H7BrN2O2. The number of carbonyl (C=O) groups excluding carboxylic acids is 2. The van der Waals surface area contributed by atoms with Gasteiger partial charge in [-0.1, -0.05) is 15.9 Å². The van der Waals surface area contributed by atoms with Crippen LogP contribution < -0.4 is 10.6 Å². The van der Waals surface area contributed by atoms with E-state index in [1.165, 1.54) is 0 Å². The molecule has 0 bridgehead atoms. The lowest BCUT2D eigenvalue weighted by atomic mass is 10.2. The predicted molar refractivity (Wildman–Crippen MR) is 38.9 cm³/mol. The maximum atomic E-state index is 10.8. The molecule has 1 saturated heterocycles. The number of hydrogen-bond acceptors (Lipinski definition) is 2. The highest BCUT2D eigenvalue weighted by molar-refractivity contribution is 9.10. The fraction of sp³-hybridized carbons (Fsp3) is 0.600. The fourth-order valence-electron chi connectivity index (χ4n) is 0.724. The summed E-state index contributed by atoms with van der Waals surface area (Å²) >= 11 is 3.12. The Bertz CT molecular complexity index is 182. The van der Waals surface area contributed by atoms with Gasteiger partial charge >= 0.3 is 6.03 Å². The van der Waals surface area contributed by atoms with Crippen LogP contribution in [0.1, 0.15) is 6.92 Å². The number of rotatable bonds is 0. The normalized spacial score (nSPS) is 33.0. The van der Waals surface area contributed by atoms with Crippen molar-refractivity contribution in [1.29, 1.82) is 0 Å². The summed E-state index contributed by atoms with van der Waals surface area (Å²) in [6.07, 6.45) is 0. The van der Waals surface area contributed by atoms with Crippen LogP contribution in [0.4, 0.5) is 4.79 Å². The molecule has 0 aliphatic carbocycles. The van der Waals surface area contributed by atoms with Gasteiger partial charge in [0.1, 0.15) is 4.83 Å². The number of alkyl halides is 1. The molecule has 10 heavy (non-hydrogen) atoms. The van der Waals surface area contributed by atoms with E-state index in [1.807, 2.05) is 0 Å². The number of hydrogen-bond donors (Lipinski definition) is 2. The third-order valence-corrected chi connectivity index (χ3v) is 2.49. The van der Waals surface area contributed by atoms with Crippen LogP contribution in [0.5, 0.6) is 0 Å². The molecule has 0 unspecified atom stereocenters. The molecule has 2 N–H and O–H groups in total. The summed E-state index contributed by atoms with van der Waals surface area (Å²) in [5.74, 6) is -0.281. The van der Waals surface area contributed by atoms with Gasteiger partial charge in [0.2, 0.25) is 5.91 Å². The van der Waals surface area contributed by atoms with Crippen LogP contribution in [0.3, 0.4) is 0 Å². The number of halogens is 1. The first kappa shape index (κ1) is 7.53. The first-order chi connectivity index (χ1) is 4.61. The van der Waals surface area contributed by atoms with Crippen LogP contribution in [-0.4, -0.2) is 22.8 Å². The van der Waals surface area contributed by atoms with Crippen molar-refractivity contribution >= 4 is 27.9 Å². The minimum absolute atomic E-state index is 0.138. The van der Waals surface area contributed by atoms with E-state index in [9.17, 15) is 9.59 Å². The third kappa shape index (κ3) is 1.29. The Morgan fingerprint density at radius 2 is 2.10 bits per heavy atom. The topological polar surface area (TPSA) is 58.2 Å². The summed E-state index contributed by atoms with van der Waals surface area (Å²) in [4.78, 5) is 21.0. The summed E-state index contributed by atoms with van der Waals surface area (Å²) in [7, 11) is 0. The van der Waals surface area contributed by atoms with Gasteiger partial charge in [0.25, 0.3) is 0 Å². The predicted octanol–water partition coefficient (Wildman–Crippen LogP) is -0.0222. The Hall–Kier alpha value is -0.580. The summed E-state index contributed by atoms with van der Waals surface area (Å²) in [5, 5.41) is 4.67. The highest BCUT2D eigenvalue weighted by Crippen LogP contribution is 2.08. The Kier molecular flexibility index (Phi) is 1.94. The van der Waals surface area contributed by atoms with Crippen molar-refractivity contribution in [3.05, 3.63) is 0 Å². The van der Waals surface area contributed by atoms with Gasteiger partial charge in [-0.05, 0) is 6.92 Å². The van der Waals surface area contributed by atoms with Gasteiger partial charge in [0.15, 0.2) is 0 Å². The van der Waals surface area contributed by atoms with Crippen LogP contribution >= 0.6 is 15.9 Å². The van der Waals surface area contributed by atoms with E-state index < -0.39 is 6.03 Å². The van der Waals surface area contributed by atoms with Gasteiger partial charge in [-0.15, -0.1) is 0 Å². The molecule has 0 aromatic rings. The van der Waals surface area contributed by atoms with Crippen molar-refractivity contribution in [3.8, 4) is 0 Å². The van der Waals surface area contributed by atoms with Crippen LogP contribution in [0, 0.1) is 0 Å². The quantitative estimate of drug-likeness (QED) is 0.548. The Balaban J connectivity index is 2.66. The van der Waals surface area contributed by atoms with E-state index in [0.29, 0.717) is 0 Å². The van der Waals surface area contributed by atoms with Crippen LogP contribution in [0.2, 0.25) is 0 Å². The van der Waals surface area contributed by atoms with Crippen molar-refractivity contribution in [2.75, 3.05) is 0 Å². The van der Waals surface area contributed by atoms with E-state index >= 15 is 0 Å². The average molecular weight is 207 g/mol. The van der Waals surface area contributed by atoms with E-state index in [1.54, 1.807) is 6.92 Å². The van der Waals surface area contributed by atoms with Crippen molar-refractivity contribution in [2.45, 2.75) is 17.8 Å². The van der Waals surface area contributed by atoms with Crippen LogP contribution in [-0.2, 0) is 4.79 Å². The maximum Gasteiger partial charge on any atom is 0.321 e. The number of amides is 3. The van der Waals surface area contributed by atoms with E-state index in [4.69, 9.17) is 0 Å². The molecule has 0 spiro atoms. The molecule has 0 aromatic carbocycles. The van der Waals surface area contributed by atoms with Gasteiger partial charge in [-0.2, -0.15) is 0 Å². The highest BCUT2D eigenvalue weighted by atomic mass is 79.9. The van der Waals surface area contributed by atoms with Gasteiger partial charge < -0.3 is 5.32 Å². The Labute approximate surface area is 66.5 Å². The summed E-state index contributed by atoms with van der Waals surface area (Å²) in [6, 6.07) is -0.561. The molecule has 1 fully saturated rings. The largest absolute Gasteiger partial charge is 0.334 e. The van der Waals surface area contributed by atoms with Crippen LogP contribution in [0.15, 0.2) is 0 Å². The Morgan fingerprint density at radius 3 is 2.60 bits per heavy atom. The molecule has 2 atom stereocenters. The first-order valence-corrected chi connectivity index (χ1v) is 3.78. The van der Waals surface area contributed by atoms with Crippen molar-refractivity contribution in [1.82, 2.24) is 10.6 Å². The smallest absolute Gasteiger partial charge is 0.321 e. The molecule has 3 amide bonds. The number of carbonyl (C=O) groups is 2. The molecule has 0 radical (unpaired) electrons. The standard InChI is InChI=1S/C5H7BrN2O2/c1-2-3(6)4(9)8-5(10)7-2/h2-3H,1H3,(H2,7,8,9,10)/t2-,3-/m1/s1. The maximum absolute atomic E-state index is 10.8. The number of imide groups is 1. The van der Waals surface area contributed by atoms with Gasteiger partial charge in [0, 0.05) is 6.04 Å². The zero-order chi connectivity index (χ0) is 7.72. The Morgan fingerprint density at radius 1 is 1.50 bits per heavy atom. The molecule has 1 aliphatic heterocycles. The lowest BCUT2D eigenvalue weighted by Gasteiger charge is -2.24. The third-order valence-electron chi connectivity index (χ3n) is 1.28. The molecule has 1 heterocycles. The zero-order valence-corrected chi connectivity index (χ0v) is 6.94. The number of urea groups is 1. The van der Waals surface area contributed by atoms with Crippen molar-refractivity contribution in [3.63, 3.8) is 0 Å². The highest BCUT2D eigenvalue weighted by Gasteiger charge is 2.29. The van der Waals surface area contributed by atoms with E-state index in [2.05, 4.69) is 26.6 Å². The molecule has 5 heteroatoms. The molecule has 0 saturated carbocycles. The van der Waals surface area contributed by atoms with Gasteiger partial charge in [-0.3, -0.25) is 10.1 Å². The van der Waals surface area contributed by atoms with E-state index in [-0.39, 0.29) is 16.8 Å². The molecule has 0 aromatic heterocycles. The van der Waals surface area contributed by atoms with Crippen LogP contribution in [0.25, 0.3) is 0 Å². The second-order valence-corrected chi connectivity index (χ2v) is 3.14. The van der Waals surface area contributed by atoms with E-state index in [0.717, 1.165) is 0 Å². The molecule has 56 valence electrons. The SMILES string of the molecule is C[C@H]1NC(=O)NC(=O)[C@@H]1Br. The lowest BCUT2D eigenvalue weighted by Crippen LogP contribution is -2.57. The summed E-state index contributed by atoms with van der Waals surface area (Å²) in [6.45, 7) is 1.76.